The number of anilines is 2. The van der Waals surface area contributed by atoms with Gasteiger partial charge < -0.3 is 0 Å². The molecule has 0 radical (unpaired) electrons. The second-order valence-corrected chi connectivity index (χ2v) is 9.51. The minimum absolute atomic E-state index is 0.0341. The summed E-state index contributed by atoms with van der Waals surface area (Å²) in [5.74, 6) is -0.0486. The molecule has 8 nitrogen and oxygen atoms in total. The summed E-state index contributed by atoms with van der Waals surface area (Å²) >= 11 is 5.76. The summed E-state index contributed by atoms with van der Waals surface area (Å²) in [7, 11) is -7.74. The molecular weight excluding hydrogens is 424 g/mol. The number of aromatic nitrogens is 2. The zero-order valence-electron chi connectivity index (χ0n) is 14.5. The Hall–Kier alpha value is -2.69. The van der Waals surface area contributed by atoms with E-state index in [1.165, 1.54) is 54.7 Å². The van der Waals surface area contributed by atoms with Crippen molar-refractivity contribution in [2.75, 3.05) is 9.44 Å². The van der Waals surface area contributed by atoms with E-state index in [-0.39, 0.29) is 21.4 Å². The zero-order chi connectivity index (χ0) is 20.4. The van der Waals surface area contributed by atoms with Gasteiger partial charge in [0.25, 0.3) is 20.0 Å². The lowest BCUT2D eigenvalue weighted by Gasteiger charge is -2.10. The van der Waals surface area contributed by atoms with Gasteiger partial charge in [0.2, 0.25) is 5.95 Å². The van der Waals surface area contributed by atoms with Crippen molar-refractivity contribution in [2.24, 2.45) is 0 Å². The summed E-state index contributed by atoms with van der Waals surface area (Å²) < 4.78 is 54.2. The van der Waals surface area contributed by atoms with Crippen molar-refractivity contribution >= 4 is 43.3 Å². The molecule has 0 saturated heterocycles. The average molecular weight is 439 g/mol. The first kappa shape index (κ1) is 20.1. The largest absolute Gasteiger partial charge is 0.280 e. The highest BCUT2D eigenvalue weighted by molar-refractivity contribution is 7.93. The van der Waals surface area contributed by atoms with Crippen molar-refractivity contribution in [2.45, 2.75) is 16.7 Å². The minimum atomic E-state index is -3.91. The molecule has 0 unspecified atom stereocenters. The molecule has 2 aromatic carbocycles. The van der Waals surface area contributed by atoms with Crippen LogP contribution in [0.1, 0.15) is 5.69 Å². The van der Waals surface area contributed by atoms with Gasteiger partial charge in [-0.25, -0.2) is 31.5 Å². The van der Waals surface area contributed by atoms with E-state index < -0.39 is 20.0 Å². The van der Waals surface area contributed by atoms with Gasteiger partial charge in [0.05, 0.1) is 9.79 Å². The van der Waals surface area contributed by atoms with Gasteiger partial charge in [-0.1, -0.05) is 11.6 Å². The molecule has 0 aliphatic carbocycles. The molecule has 146 valence electrons. The molecule has 0 aliphatic heterocycles. The maximum atomic E-state index is 12.4. The van der Waals surface area contributed by atoms with E-state index >= 15 is 0 Å². The van der Waals surface area contributed by atoms with Crippen LogP contribution in [0.3, 0.4) is 0 Å². The topological polar surface area (TPSA) is 118 Å². The monoisotopic (exact) mass is 438 g/mol. The van der Waals surface area contributed by atoms with Gasteiger partial charge >= 0.3 is 0 Å². The maximum absolute atomic E-state index is 12.4. The fraction of sp³-hybridized carbons (Fsp3) is 0.0588. The molecule has 0 saturated carbocycles. The Labute approximate surface area is 167 Å². The summed E-state index contributed by atoms with van der Waals surface area (Å²) in [6.07, 6.45) is 1.44. The first-order chi connectivity index (χ1) is 13.2. The molecule has 0 atom stereocenters. The molecule has 3 rings (SSSR count). The Morgan fingerprint density at radius 2 is 1.32 bits per heavy atom. The highest BCUT2D eigenvalue weighted by atomic mass is 35.5. The van der Waals surface area contributed by atoms with E-state index in [4.69, 9.17) is 11.6 Å². The Morgan fingerprint density at radius 3 is 1.89 bits per heavy atom. The van der Waals surface area contributed by atoms with Crippen molar-refractivity contribution in [3.8, 4) is 0 Å². The van der Waals surface area contributed by atoms with E-state index in [2.05, 4.69) is 19.4 Å². The number of nitrogens with zero attached hydrogens (tertiary/aromatic N) is 2. The summed E-state index contributed by atoms with van der Waals surface area (Å²) in [5, 5.41) is 0.415. The minimum Gasteiger partial charge on any atom is -0.280 e. The molecule has 0 amide bonds. The predicted molar refractivity (Wildman–Crippen MR) is 106 cm³/mol. The Morgan fingerprint density at radius 1 is 0.786 bits per heavy atom. The Bertz CT molecular complexity index is 1200. The van der Waals surface area contributed by atoms with Gasteiger partial charge in [-0.05, 0) is 61.5 Å². The van der Waals surface area contributed by atoms with Crippen molar-refractivity contribution < 1.29 is 16.8 Å². The fourth-order valence-corrected chi connectivity index (χ4v) is 4.34. The fourth-order valence-electron chi connectivity index (χ4n) is 2.21. The molecule has 2 N–H and O–H groups in total. The lowest BCUT2D eigenvalue weighted by Crippen LogP contribution is -2.16. The third-order valence-corrected chi connectivity index (χ3v) is 6.55. The SMILES string of the molecule is Cc1ccnc(NS(=O)(=O)c2ccc(NS(=O)(=O)c3ccc(Cl)cc3)cc2)n1. The van der Waals surface area contributed by atoms with Crippen LogP contribution in [0.15, 0.2) is 70.6 Å². The first-order valence-corrected chi connectivity index (χ1v) is 11.2. The normalized spacial score (nSPS) is 11.8. The lowest BCUT2D eigenvalue weighted by atomic mass is 10.3. The summed E-state index contributed by atoms with van der Waals surface area (Å²) in [6, 6.07) is 12.5. The van der Waals surface area contributed by atoms with Crippen molar-refractivity contribution in [3.05, 3.63) is 71.5 Å². The van der Waals surface area contributed by atoms with Crippen molar-refractivity contribution in [1.29, 1.82) is 0 Å². The highest BCUT2D eigenvalue weighted by Gasteiger charge is 2.17. The molecule has 1 aromatic heterocycles. The number of rotatable bonds is 6. The lowest BCUT2D eigenvalue weighted by molar-refractivity contribution is 0.599. The molecule has 1 heterocycles. The van der Waals surface area contributed by atoms with Crippen molar-refractivity contribution in [1.82, 2.24) is 9.97 Å². The number of aryl methyl sites for hydroxylation is 1. The molecular formula is C17H15ClN4O4S2. The maximum Gasteiger partial charge on any atom is 0.264 e. The van der Waals surface area contributed by atoms with Gasteiger partial charge in [0.1, 0.15) is 0 Å². The standard InChI is InChI=1S/C17H15ClN4O4S2/c1-12-10-11-19-17(20-12)22-28(25,26)16-8-4-14(5-9-16)21-27(23,24)15-6-2-13(18)3-7-15/h2-11,21H,1H3,(H,19,20,22). The highest BCUT2D eigenvalue weighted by Crippen LogP contribution is 2.20. The Balaban J connectivity index is 1.78. The summed E-state index contributed by atoms with van der Waals surface area (Å²) in [5.41, 5.74) is 0.820. The number of hydrogen-bond acceptors (Lipinski definition) is 6. The number of nitrogens with one attached hydrogen (secondary N) is 2. The van der Waals surface area contributed by atoms with Crippen LogP contribution in [-0.4, -0.2) is 26.8 Å². The van der Waals surface area contributed by atoms with Gasteiger partial charge in [-0.2, -0.15) is 0 Å². The Kier molecular flexibility index (Phi) is 5.54. The van der Waals surface area contributed by atoms with Crippen LogP contribution in [-0.2, 0) is 20.0 Å². The smallest absolute Gasteiger partial charge is 0.264 e. The van der Waals surface area contributed by atoms with E-state index in [0.717, 1.165) is 0 Å². The van der Waals surface area contributed by atoms with Gasteiger partial charge in [-0.3, -0.25) is 4.72 Å². The van der Waals surface area contributed by atoms with Crippen LogP contribution < -0.4 is 9.44 Å². The number of sulfonamides is 2. The number of halogens is 1. The van der Waals surface area contributed by atoms with Crippen LogP contribution in [0.4, 0.5) is 11.6 Å². The van der Waals surface area contributed by atoms with Crippen LogP contribution in [0, 0.1) is 6.92 Å². The molecule has 3 aromatic rings. The molecule has 0 fully saturated rings. The second kappa shape index (κ2) is 7.74. The zero-order valence-corrected chi connectivity index (χ0v) is 16.9. The molecule has 0 bridgehead atoms. The quantitative estimate of drug-likeness (QED) is 0.610. The second-order valence-electron chi connectivity index (χ2n) is 5.71. The van der Waals surface area contributed by atoms with Crippen LogP contribution in [0.25, 0.3) is 0 Å². The average Bonchev–Trinajstić information content (AvgIpc) is 2.62. The predicted octanol–water partition coefficient (Wildman–Crippen LogP) is 3.04. The third kappa shape index (κ3) is 4.77. The third-order valence-electron chi connectivity index (χ3n) is 3.56. The van der Waals surface area contributed by atoms with Gasteiger partial charge in [0, 0.05) is 22.6 Å². The van der Waals surface area contributed by atoms with Crippen LogP contribution >= 0.6 is 11.6 Å². The van der Waals surface area contributed by atoms with E-state index in [1.807, 2.05) is 0 Å². The molecule has 28 heavy (non-hydrogen) atoms. The molecule has 0 spiro atoms. The first-order valence-electron chi connectivity index (χ1n) is 7.87. The van der Waals surface area contributed by atoms with Crippen molar-refractivity contribution in [3.63, 3.8) is 0 Å². The number of hydrogen-bond donors (Lipinski definition) is 2. The van der Waals surface area contributed by atoms with Crippen LogP contribution in [0.2, 0.25) is 5.02 Å². The summed E-state index contributed by atoms with van der Waals surface area (Å²) in [4.78, 5) is 7.81. The number of benzene rings is 2. The van der Waals surface area contributed by atoms with E-state index in [0.29, 0.717) is 10.7 Å². The molecule has 11 heteroatoms. The molecule has 0 aliphatic rings. The van der Waals surface area contributed by atoms with Gasteiger partial charge in [-0.15, -0.1) is 0 Å². The van der Waals surface area contributed by atoms with E-state index in [1.54, 1.807) is 13.0 Å². The summed E-state index contributed by atoms with van der Waals surface area (Å²) in [6.45, 7) is 1.71. The van der Waals surface area contributed by atoms with Gasteiger partial charge in [0.15, 0.2) is 0 Å². The van der Waals surface area contributed by atoms with Crippen LogP contribution in [0.5, 0.6) is 0 Å². The van der Waals surface area contributed by atoms with E-state index in [9.17, 15) is 16.8 Å².